The number of hydrogen-bond acceptors (Lipinski definition) is 3. The van der Waals surface area contributed by atoms with Crippen molar-refractivity contribution in [3.05, 3.63) is 59.9 Å². The van der Waals surface area contributed by atoms with Gasteiger partial charge in [-0.05, 0) is 37.1 Å². The first kappa shape index (κ1) is 15.5. The molecule has 0 radical (unpaired) electrons. The van der Waals surface area contributed by atoms with Gasteiger partial charge in [-0.2, -0.15) is 0 Å². The monoisotopic (exact) mass is 284 g/mol. The average molecular weight is 284 g/mol. The molecular formula is C18H24N2O. The van der Waals surface area contributed by atoms with Gasteiger partial charge >= 0.3 is 0 Å². The van der Waals surface area contributed by atoms with Gasteiger partial charge in [0.2, 0.25) is 0 Å². The number of hydrogen-bond donors (Lipinski definition) is 1. The molecule has 0 aliphatic rings. The summed E-state index contributed by atoms with van der Waals surface area (Å²) < 4.78 is 5.76. The Bertz CT molecular complexity index is 511. The van der Waals surface area contributed by atoms with Crippen LogP contribution >= 0.6 is 0 Å². The van der Waals surface area contributed by atoms with Crippen LogP contribution in [0.15, 0.2) is 48.7 Å². The summed E-state index contributed by atoms with van der Waals surface area (Å²) in [6.45, 7) is 5.95. The molecule has 0 aliphatic carbocycles. The van der Waals surface area contributed by atoms with Crippen LogP contribution in [-0.2, 0) is 6.61 Å². The van der Waals surface area contributed by atoms with E-state index in [1.807, 2.05) is 30.5 Å². The summed E-state index contributed by atoms with van der Waals surface area (Å²) >= 11 is 0. The highest BCUT2D eigenvalue weighted by molar-refractivity contribution is 5.22. The number of pyridine rings is 1. The maximum atomic E-state index is 5.76. The smallest absolute Gasteiger partial charge is 0.138 e. The molecule has 2 rings (SSSR count). The van der Waals surface area contributed by atoms with E-state index in [0.29, 0.717) is 12.6 Å². The van der Waals surface area contributed by atoms with E-state index < -0.39 is 0 Å². The second kappa shape index (κ2) is 8.42. The first-order chi connectivity index (χ1) is 10.3. The summed E-state index contributed by atoms with van der Waals surface area (Å²) in [7, 11) is 0. The Morgan fingerprint density at radius 3 is 2.52 bits per heavy atom. The molecule has 0 saturated carbocycles. The number of nitrogens with zero attached hydrogens (tertiary/aromatic N) is 1. The van der Waals surface area contributed by atoms with E-state index in [2.05, 4.69) is 42.3 Å². The minimum Gasteiger partial charge on any atom is -0.487 e. The Kier molecular flexibility index (Phi) is 6.22. The number of ether oxygens (including phenoxy) is 1. The normalized spacial score (nSPS) is 12.1. The zero-order chi connectivity index (χ0) is 14.9. The molecule has 112 valence electrons. The van der Waals surface area contributed by atoms with Gasteiger partial charge in [-0.1, -0.05) is 44.2 Å². The van der Waals surface area contributed by atoms with Gasteiger partial charge in [-0.25, -0.2) is 0 Å². The first-order valence-corrected chi connectivity index (χ1v) is 7.69. The van der Waals surface area contributed by atoms with E-state index >= 15 is 0 Å². The van der Waals surface area contributed by atoms with E-state index in [1.165, 1.54) is 0 Å². The standard InChI is InChI=1S/C18H24N2O/c1-3-12-19-17(4-2)18-11-10-16(13-20-18)21-14-15-8-6-5-7-9-15/h5-11,13,17,19H,3-4,12,14H2,1-2H3. The fraction of sp³-hybridized carbons (Fsp3) is 0.389. The van der Waals surface area contributed by atoms with Crippen LogP contribution in [0.2, 0.25) is 0 Å². The molecular weight excluding hydrogens is 260 g/mol. The maximum absolute atomic E-state index is 5.76. The van der Waals surface area contributed by atoms with Gasteiger partial charge in [0.15, 0.2) is 0 Å². The van der Waals surface area contributed by atoms with Crippen molar-refractivity contribution in [1.29, 1.82) is 0 Å². The van der Waals surface area contributed by atoms with Crippen molar-refractivity contribution in [2.45, 2.75) is 39.3 Å². The van der Waals surface area contributed by atoms with Crippen molar-refractivity contribution in [3.63, 3.8) is 0 Å². The molecule has 0 fully saturated rings. The lowest BCUT2D eigenvalue weighted by Gasteiger charge is -2.16. The van der Waals surface area contributed by atoms with Crippen LogP contribution in [0.25, 0.3) is 0 Å². The fourth-order valence-electron chi connectivity index (χ4n) is 2.20. The fourth-order valence-corrected chi connectivity index (χ4v) is 2.20. The highest BCUT2D eigenvalue weighted by Crippen LogP contribution is 2.18. The lowest BCUT2D eigenvalue weighted by molar-refractivity contribution is 0.304. The molecule has 0 amide bonds. The third kappa shape index (κ3) is 4.87. The van der Waals surface area contributed by atoms with Gasteiger partial charge in [0.25, 0.3) is 0 Å². The highest BCUT2D eigenvalue weighted by Gasteiger charge is 2.09. The van der Waals surface area contributed by atoms with E-state index in [-0.39, 0.29) is 0 Å². The molecule has 3 nitrogen and oxygen atoms in total. The van der Waals surface area contributed by atoms with E-state index in [0.717, 1.165) is 36.4 Å². The third-order valence-electron chi connectivity index (χ3n) is 3.41. The van der Waals surface area contributed by atoms with Crippen molar-refractivity contribution in [2.75, 3.05) is 6.54 Å². The van der Waals surface area contributed by atoms with Gasteiger partial charge in [-0.15, -0.1) is 0 Å². The average Bonchev–Trinajstić information content (AvgIpc) is 2.56. The summed E-state index contributed by atoms with van der Waals surface area (Å²) in [5, 5.41) is 3.51. The molecule has 0 bridgehead atoms. The van der Waals surface area contributed by atoms with Crippen LogP contribution in [0.3, 0.4) is 0 Å². The summed E-state index contributed by atoms with van der Waals surface area (Å²) in [4.78, 5) is 4.53. The molecule has 0 spiro atoms. The topological polar surface area (TPSA) is 34.1 Å². The summed E-state index contributed by atoms with van der Waals surface area (Å²) in [6, 6.07) is 14.5. The Hall–Kier alpha value is -1.87. The molecule has 1 atom stereocenters. The van der Waals surface area contributed by atoms with Crippen LogP contribution in [-0.4, -0.2) is 11.5 Å². The number of rotatable bonds is 8. The van der Waals surface area contributed by atoms with Gasteiger partial charge < -0.3 is 10.1 Å². The molecule has 3 heteroatoms. The number of aromatic nitrogens is 1. The third-order valence-corrected chi connectivity index (χ3v) is 3.41. The molecule has 1 N–H and O–H groups in total. The minimum absolute atomic E-state index is 0.327. The second-order valence-electron chi connectivity index (χ2n) is 5.11. The second-order valence-corrected chi connectivity index (χ2v) is 5.11. The predicted octanol–water partition coefficient (Wildman–Crippen LogP) is 4.11. The molecule has 1 aromatic carbocycles. The molecule has 1 aromatic heterocycles. The zero-order valence-electron chi connectivity index (χ0n) is 12.9. The van der Waals surface area contributed by atoms with Crippen molar-refractivity contribution in [1.82, 2.24) is 10.3 Å². The van der Waals surface area contributed by atoms with Gasteiger partial charge in [0.1, 0.15) is 12.4 Å². The molecule has 0 saturated heterocycles. The first-order valence-electron chi connectivity index (χ1n) is 7.69. The Morgan fingerprint density at radius 1 is 1.10 bits per heavy atom. The lowest BCUT2D eigenvalue weighted by Crippen LogP contribution is -2.22. The van der Waals surface area contributed by atoms with Crippen LogP contribution in [0.1, 0.15) is 44.0 Å². The minimum atomic E-state index is 0.327. The Labute approximate surface area is 127 Å². The SMILES string of the molecule is CCCNC(CC)c1ccc(OCc2ccccc2)cn1. The van der Waals surface area contributed by atoms with Crippen molar-refractivity contribution < 1.29 is 4.74 Å². The summed E-state index contributed by atoms with van der Waals surface area (Å²) in [5.41, 5.74) is 2.25. The largest absolute Gasteiger partial charge is 0.487 e. The summed E-state index contributed by atoms with van der Waals surface area (Å²) in [6.07, 6.45) is 3.99. The molecule has 0 aliphatic heterocycles. The van der Waals surface area contributed by atoms with Crippen molar-refractivity contribution >= 4 is 0 Å². The Balaban J connectivity index is 1.92. The molecule has 1 heterocycles. The van der Waals surface area contributed by atoms with E-state index in [4.69, 9.17) is 4.74 Å². The van der Waals surface area contributed by atoms with E-state index in [1.54, 1.807) is 0 Å². The van der Waals surface area contributed by atoms with Crippen LogP contribution in [0, 0.1) is 0 Å². The number of nitrogens with one attached hydrogen (secondary N) is 1. The van der Waals surface area contributed by atoms with Gasteiger partial charge in [0, 0.05) is 6.04 Å². The quantitative estimate of drug-likeness (QED) is 0.792. The van der Waals surface area contributed by atoms with Crippen molar-refractivity contribution in [3.8, 4) is 5.75 Å². The van der Waals surface area contributed by atoms with Gasteiger partial charge in [0.05, 0.1) is 11.9 Å². The number of benzene rings is 1. The molecule has 21 heavy (non-hydrogen) atoms. The van der Waals surface area contributed by atoms with Crippen molar-refractivity contribution in [2.24, 2.45) is 0 Å². The lowest BCUT2D eigenvalue weighted by atomic mass is 10.1. The summed E-state index contributed by atoms with van der Waals surface area (Å²) in [5.74, 6) is 0.813. The molecule has 2 aromatic rings. The van der Waals surface area contributed by atoms with E-state index in [9.17, 15) is 0 Å². The van der Waals surface area contributed by atoms with Crippen LogP contribution < -0.4 is 10.1 Å². The zero-order valence-corrected chi connectivity index (χ0v) is 12.9. The van der Waals surface area contributed by atoms with Crippen LogP contribution in [0.4, 0.5) is 0 Å². The molecule has 1 unspecified atom stereocenters. The highest BCUT2D eigenvalue weighted by atomic mass is 16.5. The van der Waals surface area contributed by atoms with Gasteiger partial charge in [-0.3, -0.25) is 4.98 Å². The maximum Gasteiger partial charge on any atom is 0.138 e. The Morgan fingerprint density at radius 2 is 1.90 bits per heavy atom. The predicted molar refractivity (Wildman–Crippen MR) is 86.3 cm³/mol. The van der Waals surface area contributed by atoms with Crippen LogP contribution in [0.5, 0.6) is 5.75 Å².